The van der Waals surface area contributed by atoms with E-state index in [4.69, 9.17) is 0 Å². The SMILES string of the molecule is C(#Cc1c(-c2sc3ccccc3c2C#Cc2ccccc2)sc2ccccc12)c1ccccc1. The van der Waals surface area contributed by atoms with Crippen LogP contribution in [0.3, 0.4) is 0 Å². The molecule has 0 bridgehead atoms. The van der Waals surface area contributed by atoms with Gasteiger partial charge in [-0.2, -0.15) is 0 Å². The van der Waals surface area contributed by atoms with E-state index in [1.54, 1.807) is 22.7 Å². The molecule has 0 saturated heterocycles. The molecule has 2 aromatic heterocycles. The molecule has 0 N–H and O–H groups in total. The van der Waals surface area contributed by atoms with Crippen LogP contribution in [0.1, 0.15) is 22.3 Å². The third-order valence-corrected chi connectivity index (χ3v) is 8.11. The maximum Gasteiger partial charge on any atom is 0.0625 e. The van der Waals surface area contributed by atoms with Gasteiger partial charge in [0, 0.05) is 31.3 Å². The predicted octanol–water partition coefficient (Wildman–Crippen LogP) is 8.58. The fraction of sp³-hybridized carbons (Fsp3) is 0. The second kappa shape index (κ2) is 9.05. The Hall–Kier alpha value is -4.08. The summed E-state index contributed by atoms with van der Waals surface area (Å²) in [6.07, 6.45) is 0. The fourth-order valence-electron chi connectivity index (χ4n) is 3.97. The Bertz CT molecular complexity index is 1610. The van der Waals surface area contributed by atoms with Crippen LogP contribution in [0, 0.1) is 23.7 Å². The number of thiophene rings is 2. The van der Waals surface area contributed by atoms with Gasteiger partial charge in [-0.1, -0.05) is 96.5 Å². The highest BCUT2D eigenvalue weighted by atomic mass is 32.1. The molecule has 0 atom stereocenters. The Labute approximate surface area is 207 Å². The van der Waals surface area contributed by atoms with Gasteiger partial charge in [0.25, 0.3) is 0 Å². The first-order valence-corrected chi connectivity index (χ1v) is 12.7. The number of fused-ring (bicyclic) bond motifs is 2. The second-order valence-electron chi connectivity index (χ2n) is 7.84. The highest BCUT2D eigenvalue weighted by Crippen LogP contribution is 2.45. The van der Waals surface area contributed by atoms with E-state index in [2.05, 4.69) is 96.5 Å². The maximum atomic E-state index is 3.52. The largest absolute Gasteiger partial charge is 0.133 e. The standard InChI is InChI=1S/C32H18S2/c1-3-11-23(12-4-1)19-21-27-25-15-7-9-17-29(25)33-31(27)32-28(22-20-24-13-5-2-6-14-24)26-16-8-10-18-30(26)34-32/h1-18H. The van der Waals surface area contributed by atoms with Gasteiger partial charge < -0.3 is 0 Å². The van der Waals surface area contributed by atoms with E-state index in [-0.39, 0.29) is 0 Å². The molecule has 158 valence electrons. The Kier molecular flexibility index (Phi) is 5.46. The summed E-state index contributed by atoms with van der Waals surface area (Å²) in [6, 6.07) is 37.4. The lowest BCUT2D eigenvalue weighted by molar-refractivity contribution is 1.65. The molecule has 0 fully saturated rings. The monoisotopic (exact) mass is 466 g/mol. The summed E-state index contributed by atoms with van der Waals surface area (Å²) in [5, 5.41) is 2.40. The number of rotatable bonds is 1. The third-order valence-electron chi connectivity index (χ3n) is 5.61. The molecule has 2 heteroatoms. The highest BCUT2D eigenvalue weighted by Gasteiger charge is 2.19. The van der Waals surface area contributed by atoms with Crippen LogP contribution in [0.4, 0.5) is 0 Å². The molecule has 34 heavy (non-hydrogen) atoms. The summed E-state index contributed by atoms with van der Waals surface area (Å²) in [5.41, 5.74) is 4.20. The van der Waals surface area contributed by atoms with Gasteiger partial charge in [0.05, 0.1) is 20.9 Å². The number of benzene rings is 4. The predicted molar refractivity (Wildman–Crippen MR) is 147 cm³/mol. The van der Waals surface area contributed by atoms with Gasteiger partial charge in [0.2, 0.25) is 0 Å². The first kappa shape index (κ1) is 20.5. The Morgan fingerprint density at radius 2 is 0.765 bits per heavy atom. The van der Waals surface area contributed by atoms with E-state index in [1.165, 1.54) is 29.9 Å². The van der Waals surface area contributed by atoms with Gasteiger partial charge in [-0.25, -0.2) is 0 Å². The quantitative estimate of drug-likeness (QED) is 0.213. The maximum absolute atomic E-state index is 3.52. The lowest BCUT2D eigenvalue weighted by atomic mass is 10.1. The number of hydrogen-bond donors (Lipinski definition) is 0. The van der Waals surface area contributed by atoms with E-state index < -0.39 is 0 Å². The van der Waals surface area contributed by atoms with Crippen LogP contribution >= 0.6 is 22.7 Å². The normalized spacial score (nSPS) is 10.5. The third kappa shape index (κ3) is 3.91. The summed E-state index contributed by atoms with van der Waals surface area (Å²) in [6.45, 7) is 0. The van der Waals surface area contributed by atoms with Crippen LogP contribution in [0.15, 0.2) is 109 Å². The molecule has 0 unspecified atom stereocenters. The van der Waals surface area contributed by atoms with E-state index >= 15 is 0 Å². The van der Waals surface area contributed by atoms with Gasteiger partial charge in [0.1, 0.15) is 0 Å². The fourth-order valence-corrected chi connectivity index (χ4v) is 6.43. The van der Waals surface area contributed by atoms with Crippen LogP contribution in [-0.4, -0.2) is 0 Å². The van der Waals surface area contributed by atoms with Crippen molar-refractivity contribution in [1.29, 1.82) is 0 Å². The molecule has 6 aromatic rings. The minimum absolute atomic E-state index is 1.02. The van der Waals surface area contributed by atoms with Crippen LogP contribution in [0.2, 0.25) is 0 Å². The summed E-state index contributed by atoms with van der Waals surface area (Å²) < 4.78 is 2.49. The topological polar surface area (TPSA) is 0 Å². The van der Waals surface area contributed by atoms with Gasteiger partial charge >= 0.3 is 0 Å². The zero-order valence-electron chi connectivity index (χ0n) is 18.2. The van der Waals surface area contributed by atoms with Crippen LogP contribution in [0.25, 0.3) is 29.9 Å². The van der Waals surface area contributed by atoms with Crippen molar-refractivity contribution in [2.24, 2.45) is 0 Å². The molecule has 0 aliphatic heterocycles. The summed E-state index contributed by atoms with van der Waals surface area (Å²) in [7, 11) is 0. The molecule has 0 saturated carbocycles. The van der Waals surface area contributed by atoms with Crippen molar-refractivity contribution < 1.29 is 0 Å². The van der Waals surface area contributed by atoms with Crippen molar-refractivity contribution >= 4 is 42.8 Å². The molecule has 6 rings (SSSR count). The van der Waals surface area contributed by atoms with Gasteiger partial charge in [-0.05, 0) is 36.4 Å². The lowest BCUT2D eigenvalue weighted by Crippen LogP contribution is -1.81. The van der Waals surface area contributed by atoms with Crippen molar-refractivity contribution in [2.45, 2.75) is 0 Å². The smallest absolute Gasteiger partial charge is 0.0625 e. The minimum Gasteiger partial charge on any atom is -0.133 e. The first-order valence-electron chi connectivity index (χ1n) is 11.0. The zero-order valence-corrected chi connectivity index (χ0v) is 19.8. The first-order chi connectivity index (χ1) is 16.9. The highest BCUT2D eigenvalue weighted by molar-refractivity contribution is 7.29. The van der Waals surface area contributed by atoms with Crippen LogP contribution < -0.4 is 0 Å². The Morgan fingerprint density at radius 1 is 0.382 bits per heavy atom. The minimum atomic E-state index is 1.02. The van der Waals surface area contributed by atoms with Crippen LogP contribution in [0.5, 0.6) is 0 Å². The second-order valence-corrected chi connectivity index (χ2v) is 9.94. The van der Waals surface area contributed by atoms with Crippen molar-refractivity contribution in [3.63, 3.8) is 0 Å². The number of hydrogen-bond acceptors (Lipinski definition) is 2. The molecule has 2 heterocycles. The van der Waals surface area contributed by atoms with E-state index in [0.717, 1.165) is 22.3 Å². The van der Waals surface area contributed by atoms with Gasteiger partial charge in [0.15, 0.2) is 0 Å². The van der Waals surface area contributed by atoms with Crippen molar-refractivity contribution in [2.75, 3.05) is 0 Å². The zero-order chi connectivity index (χ0) is 22.7. The van der Waals surface area contributed by atoms with Crippen LogP contribution in [-0.2, 0) is 0 Å². The average molecular weight is 467 g/mol. The summed E-state index contributed by atoms with van der Waals surface area (Å²) in [5.74, 6) is 13.8. The van der Waals surface area contributed by atoms with Gasteiger partial charge in [-0.15, -0.1) is 22.7 Å². The van der Waals surface area contributed by atoms with Crippen molar-refractivity contribution in [3.8, 4) is 33.4 Å². The molecule has 0 aliphatic carbocycles. The van der Waals surface area contributed by atoms with E-state index in [9.17, 15) is 0 Å². The molecule has 0 nitrogen and oxygen atoms in total. The molecular formula is C32H18S2. The molecule has 0 spiro atoms. The van der Waals surface area contributed by atoms with E-state index in [1.807, 2.05) is 36.4 Å². The Morgan fingerprint density at radius 3 is 1.21 bits per heavy atom. The molecule has 0 radical (unpaired) electrons. The lowest BCUT2D eigenvalue weighted by Gasteiger charge is -1.98. The Balaban J connectivity index is 1.60. The van der Waals surface area contributed by atoms with Crippen molar-refractivity contribution in [1.82, 2.24) is 0 Å². The molecule has 4 aromatic carbocycles. The average Bonchev–Trinajstić information content (AvgIpc) is 3.45. The molecule has 0 amide bonds. The summed E-state index contributed by atoms with van der Waals surface area (Å²) >= 11 is 3.61. The van der Waals surface area contributed by atoms with E-state index in [0.29, 0.717) is 0 Å². The van der Waals surface area contributed by atoms with Gasteiger partial charge in [-0.3, -0.25) is 0 Å². The summed E-state index contributed by atoms with van der Waals surface area (Å²) in [4.78, 5) is 2.39. The molecule has 0 aliphatic rings. The van der Waals surface area contributed by atoms with Crippen molar-refractivity contribution in [3.05, 3.63) is 131 Å². The molecular weight excluding hydrogens is 448 g/mol.